The number of carbonyl (C=O) groups is 1. The van der Waals surface area contributed by atoms with E-state index in [1.54, 1.807) is 0 Å². The number of sulfone groups is 1. The van der Waals surface area contributed by atoms with E-state index in [-0.39, 0.29) is 15.7 Å². The highest BCUT2D eigenvalue weighted by atomic mass is 32.2. The molecule has 0 aliphatic rings. The zero-order valence-corrected chi connectivity index (χ0v) is 9.51. The minimum Gasteiger partial charge on any atom is -0.481 e. The first-order valence-corrected chi connectivity index (χ1v) is 6.78. The van der Waals surface area contributed by atoms with Crippen LogP contribution in [0.4, 0.5) is 0 Å². The molecule has 1 N–H and O–H groups in total. The lowest BCUT2D eigenvalue weighted by Crippen LogP contribution is -2.03. The average Bonchev–Trinajstić information content (AvgIpc) is 2.13. The Balaban J connectivity index is 3.02. The number of carboxylic acids is 1. The highest BCUT2D eigenvalue weighted by Crippen LogP contribution is 2.23. The van der Waals surface area contributed by atoms with Gasteiger partial charge in [0.25, 0.3) is 0 Å². The van der Waals surface area contributed by atoms with E-state index in [2.05, 4.69) is 4.98 Å². The van der Waals surface area contributed by atoms with Gasteiger partial charge in [0, 0.05) is 12.5 Å². The quantitative estimate of drug-likeness (QED) is 0.787. The molecule has 0 bridgehead atoms. The molecule has 1 aromatic heterocycles. The minimum atomic E-state index is -3.36. The van der Waals surface area contributed by atoms with Gasteiger partial charge in [-0.05, 0) is 12.1 Å². The summed E-state index contributed by atoms with van der Waals surface area (Å²) in [6, 6.07) is 2.91. The molecular formula is C8H9NO4S2. The molecule has 0 fully saturated rings. The Morgan fingerprint density at radius 2 is 2.27 bits per heavy atom. The summed E-state index contributed by atoms with van der Waals surface area (Å²) in [6.07, 6.45) is 2.49. The summed E-state index contributed by atoms with van der Waals surface area (Å²) in [5, 5.41) is 8.69. The van der Waals surface area contributed by atoms with Crippen LogP contribution in [0.5, 0.6) is 0 Å². The molecule has 0 atom stereocenters. The smallest absolute Gasteiger partial charge is 0.313 e. The molecule has 0 amide bonds. The van der Waals surface area contributed by atoms with Gasteiger partial charge in [0.2, 0.25) is 0 Å². The van der Waals surface area contributed by atoms with Crippen LogP contribution >= 0.6 is 11.8 Å². The van der Waals surface area contributed by atoms with E-state index in [1.807, 2.05) is 0 Å². The summed E-state index contributed by atoms with van der Waals surface area (Å²) in [7, 11) is -3.36. The highest BCUT2D eigenvalue weighted by Gasteiger charge is 2.14. The van der Waals surface area contributed by atoms with Crippen LogP contribution in [0.15, 0.2) is 28.3 Å². The monoisotopic (exact) mass is 247 g/mol. The number of rotatable bonds is 4. The van der Waals surface area contributed by atoms with Crippen LogP contribution in [0.25, 0.3) is 0 Å². The molecule has 0 aliphatic heterocycles. The van der Waals surface area contributed by atoms with Gasteiger partial charge in [0.1, 0.15) is 5.03 Å². The van der Waals surface area contributed by atoms with Crippen molar-refractivity contribution in [1.82, 2.24) is 4.98 Å². The van der Waals surface area contributed by atoms with Crippen LogP contribution in [0.3, 0.4) is 0 Å². The highest BCUT2D eigenvalue weighted by molar-refractivity contribution is 8.00. The lowest BCUT2D eigenvalue weighted by Gasteiger charge is -2.03. The fraction of sp³-hybridized carbons (Fsp3) is 0.250. The minimum absolute atomic E-state index is 0.0660. The van der Waals surface area contributed by atoms with Gasteiger partial charge in [-0.25, -0.2) is 13.4 Å². The van der Waals surface area contributed by atoms with Crippen molar-refractivity contribution in [3.05, 3.63) is 18.3 Å². The Bertz CT molecular complexity index is 469. The maximum atomic E-state index is 11.3. The number of aromatic nitrogens is 1. The third-order valence-electron chi connectivity index (χ3n) is 1.47. The van der Waals surface area contributed by atoms with E-state index in [0.717, 1.165) is 18.0 Å². The number of carboxylic acid groups (broad SMARTS) is 1. The van der Waals surface area contributed by atoms with Crippen molar-refractivity contribution in [3.8, 4) is 0 Å². The lowest BCUT2D eigenvalue weighted by atomic mass is 10.5. The Hall–Kier alpha value is -1.08. The number of aliphatic carboxylic acids is 1. The molecular weight excluding hydrogens is 238 g/mol. The lowest BCUT2D eigenvalue weighted by molar-refractivity contribution is -0.133. The maximum Gasteiger partial charge on any atom is 0.313 e. The van der Waals surface area contributed by atoms with Crippen molar-refractivity contribution in [2.75, 3.05) is 12.0 Å². The van der Waals surface area contributed by atoms with Crippen molar-refractivity contribution in [2.45, 2.75) is 9.92 Å². The summed E-state index contributed by atoms with van der Waals surface area (Å²) in [4.78, 5) is 14.2. The molecule has 82 valence electrons. The van der Waals surface area contributed by atoms with Crippen LogP contribution in [-0.4, -0.2) is 36.5 Å². The Kier molecular flexibility index (Phi) is 3.70. The van der Waals surface area contributed by atoms with Gasteiger partial charge in [-0.3, -0.25) is 4.79 Å². The van der Waals surface area contributed by atoms with Crippen LogP contribution in [0, 0.1) is 0 Å². The van der Waals surface area contributed by atoms with Crippen molar-refractivity contribution in [2.24, 2.45) is 0 Å². The fourth-order valence-corrected chi connectivity index (χ4v) is 2.83. The van der Waals surface area contributed by atoms with E-state index in [4.69, 9.17) is 5.11 Å². The molecule has 0 saturated heterocycles. The van der Waals surface area contributed by atoms with Crippen LogP contribution in [0.1, 0.15) is 0 Å². The number of hydrogen-bond donors (Lipinski definition) is 1. The molecule has 0 aromatic carbocycles. The number of hydrogen-bond acceptors (Lipinski definition) is 5. The molecule has 0 unspecified atom stereocenters. The first kappa shape index (κ1) is 12.0. The molecule has 1 aromatic rings. The molecule has 7 heteroatoms. The second kappa shape index (κ2) is 4.63. The van der Waals surface area contributed by atoms with Gasteiger partial charge in [0.15, 0.2) is 9.84 Å². The molecule has 15 heavy (non-hydrogen) atoms. The zero-order chi connectivity index (χ0) is 11.5. The molecule has 1 rings (SSSR count). The summed E-state index contributed by atoms with van der Waals surface area (Å²) in [5.41, 5.74) is 0. The molecule has 0 aliphatic carbocycles. The largest absolute Gasteiger partial charge is 0.481 e. The van der Waals surface area contributed by atoms with Crippen LogP contribution in [0.2, 0.25) is 0 Å². The molecule has 5 nitrogen and oxygen atoms in total. The van der Waals surface area contributed by atoms with E-state index in [0.29, 0.717) is 0 Å². The molecule has 0 radical (unpaired) electrons. The molecule has 0 saturated carbocycles. The predicted octanol–water partition coefficient (Wildman–Crippen LogP) is 0.662. The third kappa shape index (κ3) is 3.52. The van der Waals surface area contributed by atoms with Gasteiger partial charge in [-0.15, -0.1) is 0 Å². The van der Waals surface area contributed by atoms with Crippen molar-refractivity contribution in [1.29, 1.82) is 0 Å². The normalized spacial score (nSPS) is 11.3. The van der Waals surface area contributed by atoms with Crippen molar-refractivity contribution in [3.63, 3.8) is 0 Å². The summed E-state index contributed by atoms with van der Waals surface area (Å²) in [5.74, 6) is -1.22. The Morgan fingerprint density at radius 1 is 1.60 bits per heavy atom. The Labute approximate surface area is 91.5 Å². The number of nitrogens with zero attached hydrogens (tertiary/aromatic N) is 1. The van der Waals surface area contributed by atoms with Gasteiger partial charge in [0.05, 0.1) is 10.6 Å². The van der Waals surface area contributed by atoms with Crippen molar-refractivity contribution < 1.29 is 18.3 Å². The Morgan fingerprint density at radius 3 is 2.80 bits per heavy atom. The molecule has 1 heterocycles. The van der Waals surface area contributed by atoms with Crippen LogP contribution in [-0.2, 0) is 14.6 Å². The topological polar surface area (TPSA) is 84.3 Å². The van der Waals surface area contributed by atoms with E-state index in [1.165, 1.54) is 18.3 Å². The standard InChI is InChI=1S/C8H9NO4S2/c1-15(12,13)6-3-2-4-9-8(6)14-5-7(10)11/h2-4H,5H2,1H3,(H,10,11). The van der Waals surface area contributed by atoms with E-state index >= 15 is 0 Å². The third-order valence-corrected chi connectivity index (χ3v) is 3.72. The SMILES string of the molecule is CS(=O)(=O)c1cccnc1SCC(=O)O. The summed E-state index contributed by atoms with van der Waals surface area (Å²) in [6.45, 7) is 0. The molecule has 0 spiro atoms. The average molecular weight is 247 g/mol. The van der Waals surface area contributed by atoms with Gasteiger partial charge in [-0.2, -0.15) is 0 Å². The van der Waals surface area contributed by atoms with Crippen LogP contribution < -0.4 is 0 Å². The summed E-state index contributed by atoms with van der Waals surface area (Å²) >= 11 is 0.892. The van der Waals surface area contributed by atoms with Gasteiger partial charge >= 0.3 is 5.97 Å². The first-order chi connectivity index (χ1) is 6.91. The second-order valence-electron chi connectivity index (χ2n) is 2.76. The first-order valence-electron chi connectivity index (χ1n) is 3.91. The number of thioether (sulfide) groups is 1. The summed E-state index contributed by atoms with van der Waals surface area (Å²) < 4.78 is 22.6. The van der Waals surface area contributed by atoms with Crippen molar-refractivity contribution >= 4 is 27.6 Å². The predicted molar refractivity (Wildman–Crippen MR) is 55.7 cm³/mol. The fourth-order valence-electron chi connectivity index (χ4n) is 0.897. The maximum absolute atomic E-state index is 11.3. The van der Waals surface area contributed by atoms with E-state index < -0.39 is 15.8 Å². The second-order valence-corrected chi connectivity index (χ2v) is 5.71. The zero-order valence-electron chi connectivity index (χ0n) is 7.87. The number of pyridine rings is 1. The van der Waals surface area contributed by atoms with Gasteiger partial charge < -0.3 is 5.11 Å². The van der Waals surface area contributed by atoms with Gasteiger partial charge in [-0.1, -0.05) is 11.8 Å². The van der Waals surface area contributed by atoms with E-state index in [9.17, 15) is 13.2 Å².